The molecule has 2 saturated heterocycles. The number of benzene rings is 1. The molecule has 1 aromatic carbocycles. The highest BCUT2D eigenvalue weighted by Crippen LogP contribution is 2.43. The summed E-state index contributed by atoms with van der Waals surface area (Å²) in [6.07, 6.45) is -1.11. The van der Waals surface area contributed by atoms with Crippen LogP contribution in [-0.2, 0) is 23.8 Å². The van der Waals surface area contributed by atoms with Crippen LogP contribution in [0.3, 0.4) is 0 Å². The van der Waals surface area contributed by atoms with Crippen molar-refractivity contribution in [3.8, 4) is 5.75 Å². The minimum Gasteiger partial charge on any atom is -0.507 e. The van der Waals surface area contributed by atoms with E-state index in [-0.39, 0.29) is 29.4 Å². The highest BCUT2D eigenvalue weighted by molar-refractivity contribution is 6.52. The van der Waals surface area contributed by atoms with Crippen LogP contribution >= 0.6 is 0 Å². The van der Waals surface area contributed by atoms with Crippen LogP contribution in [0.4, 0.5) is 0 Å². The molecule has 4 N–H and O–H groups in total. The normalized spacial score (nSPS) is 32.0. The molecule has 1 aromatic rings. The first kappa shape index (κ1) is 24.3. The van der Waals surface area contributed by atoms with E-state index in [2.05, 4.69) is 0 Å². The van der Waals surface area contributed by atoms with Gasteiger partial charge in [-0.25, -0.2) is 0 Å². The van der Waals surface area contributed by atoms with Crippen molar-refractivity contribution in [2.24, 2.45) is 0 Å². The van der Waals surface area contributed by atoms with E-state index in [1.165, 1.54) is 12.1 Å². The van der Waals surface area contributed by atoms with Crippen molar-refractivity contribution in [3.05, 3.63) is 34.4 Å². The quantitative estimate of drug-likeness (QED) is 0.465. The molecule has 2 aliphatic heterocycles. The second-order valence-electron chi connectivity index (χ2n) is 8.98. The number of carbonyl (C=O) groups excluding carboxylic acids is 2. The molecule has 0 radical (unpaired) electrons. The zero-order chi connectivity index (χ0) is 24.7. The van der Waals surface area contributed by atoms with Gasteiger partial charge in [0, 0.05) is 17.5 Å². The molecule has 34 heavy (non-hydrogen) atoms. The monoisotopic (exact) mass is 476 g/mol. The van der Waals surface area contributed by atoms with E-state index in [0.29, 0.717) is 31.2 Å². The number of Topliss-reactive ketones (excluding diaryl/α,β-unsaturated/α-hetero) is 2. The molecule has 0 spiro atoms. The number of aliphatic hydroxyl groups is 2. The predicted octanol–water partition coefficient (Wildman–Crippen LogP) is 2.41. The summed E-state index contributed by atoms with van der Waals surface area (Å²) < 4.78 is 17.9. The Hall–Kier alpha value is -2.79. The maximum Gasteiger partial charge on any atom is 0.308 e. The SMILES string of the molecule is C[C@@H]1O[C@@H](c2ccc3c(c2O)C(O)=C(CC(=O)O)C(=O)C3=O)CC[C@@H]1O[C@H]1CC[C@H](O)[C@H](C)O1. The largest absolute Gasteiger partial charge is 0.507 e. The van der Waals surface area contributed by atoms with E-state index in [1.807, 2.05) is 6.92 Å². The molecule has 0 aromatic heterocycles. The Kier molecular flexibility index (Phi) is 6.77. The number of phenolic OH excluding ortho intramolecular Hbond substituents is 1. The van der Waals surface area contributed by atoms with Gasteiger partial charge in [-0.2, -0.15) is 0 Å². The lowest BCUT2D eigenvalue weighted by molar-refractivity contribution is -0.260. The van der Waals surface area contributed by atoms with Gasteiger partial charge in [0.1, 0.15) is 11.5 Å². The first-order valence-electron chi connectivity index (χ1n) is 11.3. The predicted molar refractivity (Wildman–Crippen MR) is 116 cm³/mol. The number of ketones is 2. The lowest BCUT2D eigenvalue weighted by atomic mass is 9.84. The zero-order valence-corrected chi connectivity index (χ0v) is 18.9. The molecule has 6 atom stereocenters. The lowest BCUT2D eigenvalue weighted by Gasteiger charge is -2.39. The molecule has 0 bridgehead atoms. The first-order valence-corrected chi connectivity index (χ1v) is 11.3. The summed E-state index contributed by atoms with van der Waals surface area (Å²) >= 11 is 0. The molecule has 0 unspecified atom stereocenters. The van der Waals surface area contributed by atoms with Gasteiger partial charge in [0.05, 0.1) is 48.1 Å². The molecule has 0 amide bonds. The number of carboxylic acids is 1. The molecule has 3 aliphatic rings. The van der Waals surface area contributed by atoms with Gasteiger partial charge >= 0.3 is 5.97 Å². The van der Waals surface area contributed by atoms with Crippen LogP contribution in [0.25, 0.3) is 5.76 Å². The summed E-state index contributed by atoms with van der Waals surface area (Å²) in [6.45, 7) is 3.62. The number of hydrogen-bond acceptors (Lipinski definition) is 9. The van der Waals surface area contributed by atoms with E-state index >= 15 is 0 Å². The molecule has 2 heterocycles. The van der Waals surface area contributed by atoms with Gasteiger partial charge in [0.2, 0.25) is 11.6 Å². The third kappa shape index (κ3) is 4.46. The highest BCUT2D eigenvalue weighted by atomic mass is 16.7. The number of fused-ring (bicyclic) bond motifs is 1. The fourth-order valence-electron chi connectivity index (χ4n) is 4.74. The Morgan fingerprint density at radius 1 is 1.03 bits per heavy atom. The fourth-order valence-corrected chi connectivity index (χ4v) is 4.74. The van der Waals surface area contributed by atoms with Crippen LogP contribution in [0.1, 0.15) is 73.5 Å². The van der Waals surface area contributed by atoms with E-state index in [1.54, 1.807) is 6.92 Å². The van der Waals surface area contributed by atoms with Crippen LogP contribution in [0.2, 0.25) is 0 Å². The van der Waals surface area contributed by atoms with E-state index < -0.39 is 59.5 Å². The third-order valence-electron chi connectivity index (χ3n) is 6.68. The average molecular weight is 476 g/mol. The van der Waals surface area contributed by atoms with Crippen molar-refractivity contribution < 1.29 is 49.0 Å². The van der Waals surface area contributed by atoms with Gasteiger partial charge in [0.15, 0.2) is 6.29 Å². The Morgan fingerprint density at radius 2 is 1.76 bits per heavy atom. The van der Waals surface area contributed by atoms with Crippen molar-refractivity contribution in [2.45, 2.75) is 82.8 Å². The fraction of sp³-hybridized carbons (Fsp3) is 0.542. The molecule has 10 nitrogen and oxygen atoms in total. The molecular formula is C24H28O10. The van der Waals surface area contributed by atoms with Crippen molar-refractivity contribution in [3.63, 3.8) is 0 Å². The number of aromatic hydroxyl groups is 1. The topological polar surface area (TPSA) is 160 Å². The summed E-state index contributed by atoms with van der Waals surface area (Å²) in [5.74, 6) is -4.60. The summed E-state index contributed by atoms with van der Waals surface area (Å²) in [6, 6.07) is 2.80. The van der Waals surface area contributed by atoms with Gasteiger partial charge < -0.3 is 34.6 Å². The summed E-state index contributed by atoms with van der Waals surface area (Å²) in [5.41, 5.74) is -0.682. The van der Waals surface area contributed by atoms with Crippen LogP contribution in [0.5, 0.6) is 5.75 Å². The Morgan fingerprint density at radius 3 is 2.41 bits per heavy atom. The van der Waals surface area contributed by atoms with Crippen molar-refractivity contribution >= 4 is 23.3 Å². The Labute approximate surface area is 195 Å². The number of phenols is 1. The van der Waals surface area contributed by atoms with Gasteiger partial charge in [-0.05, 0) is 39.2 Å². The van der Waals surface area contributed by atoms with E-state index in [0.717, 1.165) is 0 Å². The highest BCUT2D eigenvalue weighted by Gasteiger charge is 2.39. The van der Waals surface area contributed by atoms with Gasteiger partial charge in [-0.15, -0.1) is 0 Å². The van der Waals surface area contributed by atoms with Crippen LogP contribution in [0, 0.1) is 0 Å². The van der Waals surface area contributed by atoms with Crippen molar-refractivity contribution in [1.29, 1.82) is 0 Å². The van der Waals surface area contributed by atoms with E-state index in [4.69, 9.17) is 19.3 Å². The summed E-state index contributed by atoms with van der Waals surface area (Å²) in [7, 11) is 0. The maximum absolute atomic E-state index is 12.4. The number of aliphatic carboxylic acids is 1. The molecule has 184 valence electrons. The minimum atomic E-state index is -1.39. The Bertz CT molecular complexity index is 1040. The smallest absolute Gasteiger partial charge is 0.308 e. The maximum atomic E-state index is 12.4. The van der Waals surface area contributed by atoms with Gasteiger partial charge in [-0.3, -0.25) is 14.4 Å². The molecular weight excluding hydrogens is 448 g/mol. The third-order valence-corrected chi connectivity index (χ3v) is 6.68. The average Bonchev–Trinajstić information content (AvgIpc) is 2.78. The van der Waals surface area contributed by atoms with Crippen molar-refractivity contribution in [2.75, 3.05) is 0 Å². The summed E-state index contributed by atoms with van der Waals surface area (Å²) in [4.78, 5) is 35.8. The standard InChI is InChI=1S/C24H28O10/c1-10-15(25)5-8-19(33-10)34-16-6-7-17(32-11(16)2)12-3-4-13-20(21(12)28)22(29)14(9-18(26)27)24(31)23(13)30/h3-4,10-11,15-17,19,25,28-29H,5-9H2,1-2H3,(H,26,27)/t10-,11-,15-,16-,17+,19-/m0/s1. The number of carboxylic acid groups (broad SMARTS) is 1. The minimum absolute atomic E-state index is 0.186. The van der Waals surface area contributed by atoms with Crippen LogP contribution in [-0.4, -0.2) is 68.7 Å². The Balaban J connectivity index is 1.53. The van der Waals surface area contributed by atoms with E-state index in [9.17, 15) is 29.7 Å². The number of rotatable bonds is 5. The molecule has 2 fully saturated rings. The number of carbonyl (C=O) groups is 3. The zero-order valence-electron chi connectivity index (χ0n) is 18.9. The number of ether oxygens (including phenoxy) is 3. The second kappa shape index (κ2) is 9.46. The van der Waals surface area contributed by atoms with Gasteiger partial charge in [-0.1, -0.05) is 6.07 Å². The van der Waals surface area contributed by atoms with Crippen molar-refractivity contribution in [1.82, 2.24) is 0 Å². The number of hydrogen-bond donors (Lipinski definition) is 4. The molecule has 1 aliphatic carbocycles. The first-order chi connectivity index (χ1) is 16.1. The summed E-state index contributed by atoms with van der Waals surface area (Å²) in [5, 5.41) is 40.3. The molecule has 10 heteroatoms. The lowest BCUT2D eigenvalue weighted by Crippen LogP contribution is -2.43. The van der Waals surface area contributed by atoms with Crippen LogP contribution in [0.15, 0.2) is 17.7 Å². The number of aliphatic hydroxyl groups excluding tert-OH is 2. The second-order valence-corrected chi connectivity index (χ2v) is 8.98. The van der Waals surface area contributed by atoms with Gasteiger partial charge in [0.25, 0.3) is 0 Å². The van der Waals surface area contributed by atoms with Crippen LogP contribution < -0.4 is 0 Å². The molecule has 4 rings (SSSR count). The molecule has 0 saturated carbocycles.